The Labute approximate surface area is 99.4 Å². The predicted octanol–water partition coefficient (Wildman–Crippen LogP) is 3.41. The molecule has 1 saturated carbocycles. The Bertz CT molecular complexity index is 284. The zero-order valence-corrected chi connectivity index (χ0v) is 10.7. The fourth-order valence-corrected chi connectivity index (χ4v) is 2.09. The van der Waals surface area contributed by atoms with E-state index in [1.165, 1.54) is 37.0 Å². The highest BCUT2D eigenvalue weighted by molar-refractivity contribution is 5.14. The molecule has 0 aromatic rings. The third kappa shape index (κ3) is 3.90. The van der Waals surface area contributed by atoms with Gasteiger partial charge in [-0.2, -0.15) is 0 Å². The first-order valence-electron chi connectivity index (χ1n) is 6.11. The lowest BCUT2D eigenvalue weighted by Gasteiger charge is -2.32. The Morgan fingerprint density at radius 3 is 2.56 bits per heavy atom. The van der Waals surface area contributed by atoms with Crippen LogP contribution in [0.5, 0.6) is 0 Å². The molecule has 1 aliphatic carbocycles. The molecule has 1 fully saturated rings. The standard InChI is InChI=1S/C14H23NO/c1-5-11-16-15-13(6-2)12-7-9-14(3,4)10-8-12/h1,15H,6-11H2,2-4H3. The van der Waals surface area contributed by atoms with E-state index in [0.29, 0.717) is 12.0 Å². The lowest BCUT2D eigenvalue weighted by molar-refractivity contribution is 0.0859. The van der Waals surface area contributed by atoms with E-state index in [2.05, 4.69) is 32.2 Å². The van der Waals surface area contributed by atoms with Crippen LogP contribution < -0.4 is 5.48 Å². The molecule has 0 bridgehead atoms. The van der Waals surface area contributed by atoms with Gasteiger partial charge in [-0.25, -0.2) is 0 Å². The minimum absolute atomic E-state index is 0.322. The number of hydrogen-bond donors (Lipinski definition) is 1. The van der Waals surface area contributed by atoms with Crippen LogP contribution in [0.15, 0.2) is 11.3 Å². The van der Waals surface area contributed by atoms with Crippen LogP contribution in [0.4, 0.5) is 0 Å². The van der Waals surface area contributed by atoms with Crippen molar-refractivity contribution in [1.82, 2.24) is 5.48 Å². The first-order valence-corrected chi connectivity index (χ1v) is 6.11. The highest BCUT2D eigenvalue weighted by Gasteiger charge is 2.24. The Hall–Kier alpha value is -0.940. The van der Waals surface area contributed by atoms with Crippen LogP contribution in [0, 0.1) is 17.8 Å². The van der Waals surface area contributed by atoms with E-state index >= 15 is 0 Å². The van der Waals surface area contributed by atoms with Crippen molar-refractivity contribution in [3.05, 3.63) is 11.3 Å². The molecule has 0 aromatic heterocycles. The van der Waals surface area contributed by atoms with E-state index < -0.39 is 0 Å². The molecule has 0 radical (unpaired) electrons. The van der Waals surface area contributed by atoms with Gasteiger partial charge in [0, 0.05) is 5.70 Å². The van der Waals surface area contributed by atoms with Crippen molar-refractivity contribution >= 4 is 0 Å². The average molecular weight is 221 g/mol. The molecule has 16 heavy (non-hydrogen) atoms. The van der Waals surface area contributed by atoms with Crippen LogP contribution in [0.3, 0.4) is 0 Å². The maximum absolute atomic E-state index is 5.20. The monoisotopic (exact) mass is 221 g/mol. The SMILES string of the molecule is C#CCONC(CC)=C1CCC(C)(C)CC1. The van der Waals surface area contributed by atoms with Crippen LogP contribution in [0.2, 0.25) is 0 Å². The van der Waals surface area contributed by atoms with Gasteiger partial charge < -0.3 is 0 Å². The molecule has 0 aromatic carbocycles. The average Bonchev–Trinajstić information content (AvgIpc) is 2.25. The summed E-state index contributed by atoms with van der Waals surface area (Å²) < 4.78 is 0. The molecule has 0 aliphatic heterocycles. The second kappa shape index (κ2) is 5.96. The van der Waals surface area contributed by atoms with Gasteiger partial charge in [0.15, 0.2) is 0 Å². The van der Waals surface area contributed by atoms with Crippen LogP contribution in [0.1, 0.15) is 52.9 Å². The van der Waals surface area contributed by atoms with Crippen molar-refractivity contribution in [3.63, 3.8) is 0 Å². The predicted molar refractivity (Wildman–Crippen MR) is 67.5 cm³/mol. The smallest absolute Gasteiger partial charge is 0.135 e. The zero-order chi connectivity index (χ0) is 12.0. The van der Waals surface area contributed by atoms with E-state index in [1.54, 1.807) is 0 Å². The van der Waals surface area contributed by atoms with Gasteiger partial charge in [-0.15, -0.1) is 6.42 Å². The van der Waals surface area contributed by atoms with Gasteiger partial charge in [-0.1, -0.05) is 26.7 Å². The lowest BCUT2D eigenvalue weighted by atomic mass is 9.75. The molecule has 2 heteroatoms. The van der Waals surface area contributed by atoms with E-state index in [4.69, 9.17) is 11.3 Å². The van der Waals surface area contributed by atoms with Gasteiger partial charge in [0.2, 0.25) is 0 Å². The zero-order valence-electron chi connectivity index (χ0n) is 10.7. The molecule has 0 atom stereocenters. The number of allylic oxidation sites excluding steroid dienone is 2. The summed E-state index contributed by atoms with van der Waals surface area (Å²) in [5.74, 6) is 2.46. The molecule has 1 N–H and O–H groups in total. The third-order valence-electron chi connectivity index (χ3n) is 3.34. The molecule has 0 amide bonds. The van der Waals surface area contributed by atoms with Crippen LogP contribution >= 0.6 is 0 Å². The fourth-order valence-electron chi connectivity index (χ4n) is 2.09. The molecule has 1 rings (SSSR count). The molecule has 0 saturated heterocycles. The second-order valence-electron chi connectivity index (χ2n) is 5.19. The van der Waals surface area contributed by atoms with E-state index in [-0.39, 0.29) is 0 Å². The van der Waals surface area contributed by atoms with Crippen molar-refractivity contribution in [1.29, 1.82) is 0 Å². The number of rotatable bonds is 4. The number of hydroxylamine groups is 1. The fraction of sp³-hybridized carbons (Fsp3) is 0.714. The van der Waals surface area contributed by atoms with Crippen molar-refractivity contribution in [3.8, 4) is 12.3 Å². The maximum atomic E-state index is 5.20. The first kappa shape index (κ1) is 13.1. The molecule has 2 nitrogen and oxygen atoms in total. The topological polar surface area (TPSA) is 21.3 Å². The summed E-state index contributed by atoms with van der Waals surface area (Å²) in [5, 5.41) is 0. The Morgan fingerprint density at radius 1 is 1.44 bits per heavy atom. The second-order valence-corrected chi connectivity index (χ2v) is 5.19. The summed E-state index contributed by atoms with van der Waals surface area (Å²) >= 11 is 0. The quantitative estimate of drug-likeness (QED) is 0.446. The summed E-state index contributed by atoms with van der Waals surface area (Å²) in [5.41, 5.74) is 6.25. The highest BCUT2D eigenvalue weighted by atomic mass is 16.6. The lowest BCUT2D eigenvalue weighted by Crippen LogP contribution is -2.21. The normalized spacial score (nSPS) is 19.0. The number of nitrogens with one attached hydrogen (secondary N) is 1. The third-order valence-corrected chi connectivity index (χ3v) is 3.34. The molecule has 0 spiro atoms. The highest BCUT2D eigenvalue weighted by Crippen LogP contribution is 2.38. The van der Waals surface area contributed by atoms with Crippen molar-refractivity contribution in [2.45, 2.75) is 52.9 Å². The Morgan fingerprint density at radius 2 is 2.06 bits per heavy atom. The van der Waals surface area contributed by atoms with Gasteiger partial charge in [-0.05, 0) is 43.1 Å². The molecule has 0 unspecified atom stereocenters. The van der Waals surface area contributed by atoms with Crippen molar-refractivity contribution in [2.24, 2.45) is 5.41 Å². The van der Waals surface area contributed by atoms with Gasteiger partial charge in [0.05, 0.1) is 0 Å². The largest absolute Gasteiger partial charge is 0.270 e. The van der Waals surface area contributed by atoms with Gasteiger partial charge in [0.25, 0.3) is 0 Å². The van der Waals surface area contributed by atoms with Crippen LogP contribution in [0.25, 0.3) is 0 Å². The Balaban J connectivity index is 2.54. The van der Waals surface area contributed by atoms with Crippen LogP contribution in [-0.4, -0.2) is 6.61 Å². The minimum Gasteiger partial charge on any atom is -0.270 e. The van der Waals surface area contributed by atoms with Gasteiger partial charge in [-0.3, -0.25) is 10.3 Å². The van der Waals surface area contributed by atoms with Gasteiger partial charge in [0.1, 0.15) is 6.61 Å². The van der Waals surface area contributed by atoms with Crippen molar-refractivity contribution < 1.29 is 4.84 Å². The van der Waals surface area contributed by atoms with E-state index in [1.807, 2.05) is 0 Å². The first-order chi connectivity index (χ1) is 7.59. The van der Waals surface area contributed by atoms with Crippen LogP contribution in [-0.2, 0) is 4.84 Å². The minimum atomic E-state index is 0.322. The Kier molecular flexibility index (Phi) is 4.89. The summed E-state index contributed by atoms with van der Waals surface area (Å²) in [7, 11) is 0. The van der Waals surface area contributed by atoms with Crippen molar-refractivity contribution in [2.75, 3.05) is 6.61 Å². The summed E-state index contributed by atoms with van der Waals surface area (Å²) in [6, 6.07) is 0. The van der Waals surface area contributed by atoms with E-state index in [0.717, 1.165) is 6.42 Å². The molecule has 90 valence electrons. The summed E-state index contributed by atoms with van der Waals surface area (Å²) in [6.07, 6.45) is 11.0. The van der Waals surface area contributed by atoms with E-state index in [9.17, 15) is 0 Å². The molecular formula is C14H23NO. The molecular weight excluding hydrogens is 198 g/mol. The van der Waals surface area contributed by atoms with Gasteiger partial charge >= 0.3 is 0 Å². The summed E-state index contributed by atoms with van der Waals surface area (Å²) in [4.78, 5) is 5.20. The molecule has 0 heterocycles. The maximum Gasteiger partial charge on any atom is 0.135 e. The summed E-state index contributed by atoms with van der Waals surface area (Å²) in [6.45, 7) is 7.16. The molecule has 1 aliphatic rings. The number of terminal acetylenes is 1. The number of hydrogen-bond acceptors (Lipinski definition) is 2.